The van der Waals surface area contributed by atoms with Crippen LogP contribution in [0, 0.1) is 0 Å². The largest absolute Gasteiger partial charge is 0.479 e. The standard InChI is InChI=1S/C7H6BrF4NO3/c8-2-5(9)1-6(5,4(15)16)13-3(14)7(10,11)12/h1-2H2,(H,13,14)(H,15,16). The van der Waals surface area contributed by atoms with Gasteiger partial charge in [-0.25, -0.2) is 9.18 Å². The van der Waals surface area contributed by atoms with Crippen molar-refractivity contribution in [1.29, 1.82) is 0 Å². The van der Waals surface area contributed by atoms with Crippen molar-refractivity contribution in [2.45, 2.75) is 23.8 Å². The number of carboxylic acid groups (broad SMARTS) is 1. The van der Waals surface area contributed by atoms with Gasteiger partial charge in [0.05, 0.1) is 0 Å². The number of halogens is 5. The van der Waals surface area contributed by atoms with Gasteiger partial charge in [0.2, 0.25) is 0 Å². The maximum absolute atomic E-state index is 13.5. The average molecular weight is 308 g/mol. The molecule has 92 valence electrons. The molecule has 2 N–H and O–H groups in total. The lowest BCUT2D eigenvalue weighted by Crippen LogP contribution is -2.53. The molecule has 0 saturated heterocycles. The fraction of sp³-hybridized carbons (Fsp3) is 0.714. The molecule has 1 rings (SSSR count). The Morgan fingerprint density at radius 1 is 1.44 bits per heavy atom. The normalized spacial score (nSPS) is 33.3. The minimum Gasteiger partial charge on any atom is -0.479 e. The lowest BCUT2D eigenvalue weighted by molar-refractivity contribution is -0.176. The molecule has 0 heterocycles. The van der Waals surface area contributed by atoms with Gasteiger partial charge in [-0.05, 0) is 0 Å². The molecule has 0 aliphatic heterocycles. The molecular formula is C7H6BrF4NO3. The molecule has 0 bridgehead atoms. The van der Waals surface area contributed by atoms with E-state index in [2.05, 4.69) is 15.9 Å². The van der Waals surface area contributed by atoms with Gasteiger partial charge in [-0.3, -0.25) is 4.79 Å². The topological polar surface area (TPSA) is 66.4 Å². The molecule has 0 aromatic rings. The SMILES string of the molecule is O=C(NC1(C(=O)O)CC1(F)CBr)C(F)(F)F. The molecule has 0 spiro atoms. The number of carbonyl (C=O) groups is 2. The van der Waals surface area contributed by atoms with Crippen molar-refractivity contribution in [3.63, 3.8) is 0 Å². The molecule has 2 unspecified atom stereocenters. The van der Waals surface area contributed by atoms with Gasteiger partial charge in [-0.2, -0.15) is 13.2 Å². The molecule has 0 aromatic carbocycles. The number of hydrogen-bond acceptors (Lipinski definition) is 2. The Hall–Kier alpha value is -0.860. The zero-order valence-electron chi connectivity index (χ0n) is 7.57. The van der Waals surface area contributed by atoms with Gasteiger partial charge >= 0.3 is 18.1 Å². The van der Waals surface area contributed by atoms with Crippen LogP contribution in [0.15, 0.2) is 0 Å². The van der Waals surface area contributed by atoms with Crippen molar-refractivity contribution in [1.82, 2.24) is 5.32 Å². The van der Waals surface area contributed by atoms with Crippen LogP contribution in [0.1, 0.15) is 6.42 Å². The number of carboxylic acids is 1. The smallest absolute Gasteiger partial charge is 0.471 e. The lowest BCUT2D eigenvalue weighted by atomic mass is 10.2. The Labute approximate surface area is 95.1 Å². The summed E-state index contributed by atoms with van der Waals surface area (Å²) in [7, 11) is 0. The Morgan fingerprint density at radius 3 is 2.19 bits per heavy atom. The highest BCUT2D eigenvalue weighted by Gasteiger charge is 2.76. The molecular weight excluding hydrogens is 302 g/mol. The van der Waals surface area contributed by atoms with Crippen LogP contribution in [0.4, 0.5) is 17.6 Å². The van der Waals surface area contributed by atoms with Crippen molar-refractivity contribution >= 4 is 27.8 Å². The van der Waals surface area contributed by atoms with E-state index in [9.17, 15) is 27.2 Å². The zero-order valence-corrected chi connectivity index (χ0v) is 9.15. The second kappa shape index (κ2) is 3.57. The molecule has 1 aliphatic rings. The molecule has 1 saturated carbocycles. The van der Waals surface area contributed by atoms with Crippen molar-refractivity contribution in [3.05, 3.63) is 0 Å². The van der Waals surface area contributed by atoms with E-state index in [1.165, 1.54) is 5.32 Å². The van der Waals surface area contributed by atoms with Crippen LogP contribution in [-0.2, 0) is 9.59 Å². The fourth-order valence-corrected chi connectivity index (χ4v) is 1.96. The summed E-state index contributed by atoms with van der Waals surface area (Å²) < 4.78 is 49.2. The van der Waals surface area contributed by atoms with Gasteiger partial charge in [-0.1, -0.05) is 15.9 Å². The maximum Gasteiger partial charge on any atom is 0.471 e. The Bertz CT molecular complexity index is 347. The summed E-state index contributed by atoms with van der Waals surface area (Å²) >= 11 is 2.65. The highest BCUT2D eigenvalue weighted by Crippen LogP contribution is 2.53. The van der Waals surface area contributed by atoms with Gasteiger partial charge in [0, 0.05) is 11.8 Å². The minimum atomic E-state index is -5.24. The molecule has 4 nitrogen and oxygen atoms in total. The minimum absolute atomic E-state index is 0.468. The van der Waals surface area contributed by atoms with Gasteiger partial charge in [0.25, 0.3) is 0 Å². The lowest BCUT2D eigenvalue weighted by Gasteiger charge is -2.17. The zero-order chi connectivity index (χ0) is 12.8. The molecule has 1 aliphatic carbocycles. The monoisotopic (exact) mass is 307 g/mol. The van der Waals surface area contributed by atoms with Gasteiger partial charge < -0.3 is 10.4 Å². The highest BCUT2D eigenvalue weighted by molar-refractivity contribution is 9.09. The van der Waals surface area contributed by atoms with Crippen molar-refractivity contribution in [2.24, 2.45) is 0 Å². The molecule has 0 radical (unpaired) electrons. The van der Waals surface area contributed by atoms with Crippen molar-refractivity contribution < 1.29 is 32.3 Å². The van der Waals surface area contributed by atoms with Crippen LogP contribution in [0.5, 0.6) is 0 Å². The first-order valence-electron chi connectivity index (χ1n) is 3.97. The Balaban J connectivity index is 2.86. The van der Waals surface area contributed by atoms with Crippen LogP contribution in [-0.4, -0.2) is 39.7 Å². The maximum atomic E-state index is 13.5. The van der Waals surface area contributed by atoms with Crippen LogP contribution in [0.2, 0.25) is 0 Å². The Kier molecular flexibility index (Phi) is 2.95. The molecule has 1 amide bonds. The first kappa shape index (κ1) is 13.2. The second-order valence-corrected chi connectivity index (χ2v) is 4.00. The number of alkyl halides is 5. The van der Waals surface area contributed by atoms with Gasteiger partial charge in [0.15, 0.2) is 11.2 Å². The summed E-state index contributed by atoms with van der Waals surface area (Å²) in [6, 6.07) is 0. The van der Waals surface area contributed by atoms with E-state index >= 15 is 0 Å². The van der Waals surface area contributed by atoms with Crippen molar-refractivity contribution in [2.75, 3.05) is 5.33 Å². The highest BCUT2D eigenvalue weighted by atomic mass is 79.9. The summed E-state index contributed by atoms with van der Waals surface area (Å²) in [5, 5.41) is 9.35. The van der Waals surface area contributed by atoms with Crippen LogP contribution >= 0.6 is 15.9 Å². The van der Waals surface area contributed by atoms with Crippen molar-refractivity contribution in [3.8, 4) is 0 Å². The van der Waals surface area contributed by atoms with E-state index in [1.807, 2.05) is 0 Å². The molecule has 0 aromatic heterocycles. The number of carbonyl (C=O) groups excluding carboxylic acids is 1. The van der Waals surface area contributed by atoms with Crippen LogP contribution in [0.25, 0.3) is 0 Å². The third-order valence-electron chi connectivity index (χ3n) is 2.35. The number of amides is 1. The fourth-order valence-electron chi connectivity index (χ4n) is 1.28. The average Bonchev–Trinajstić information content (AvgIpc) is 2.72. The summed E-state index contributed by atoms with van der Waals surface area (Å²) in [4.78, 5) is 21.2. The predicted octanol–water partition coefficient (Wildman–Crippen LogP) is 0.995. The number of rotatable bonds is 3. The van der Waals surface area contributed by atoms with Gasteiger partial charge in [0.1, 0.15) is 0 Å². The third kappa shape index (κ3) is 1.87. The first-order valence-corrected chi connectivity index (χ1v) is 5.09. The summed E-state index contributed by atoms with van der Waals surface area (Å²) in [5.74, 6) is -4.29. The number of hydrogen-bond donors (Lipinski definition) is 2. The third-order valence-corrected chi connectivity index (χ3v) is 3.24. The second-order valence-electron chi connectivity index (χ2n) is 3.44. The molecule has 2 atom stereocenters. The summed E-state index contributed by atoms with van der Waals surface area (Å²) in [5.41, 5.74) is -4.87. The van der Waals surface area contributed by atoms with E-state index in [1.54, 1.807) is 0 Å². The summed E-state index contributed by atoms with van der Waals surface area (Å²) in [6.07, 6.45) is -5.93. The molecule has 1 fully saturated rings. The molecule has 16 heavy (non-hydrogen) atoms. The van der Waals surface area contributed by atoms with Gasteiger partial charge in [-0.15, -0.1) is 0 Å². The number of nitrogens with one attached hydrogen (secondary N) is 1. The van der Waals surface area contributed by atoms with E-state index in [-0.39, 0.29) is 0 Å². The van der Waals surface area contributed by atoms with E-state index < -0.39 is 41.0 Å². The van der Waals surface area contributed by atoms with E-state index in [4.69, 9.17) is 5.11 Å². The van der Waals surface area contributed by atoms with E-state index in [0.29, 0.717) is 0 Å². The van der Waals surface area contributed by atoms with E-state index in [0.717, 1.165) is 0 Å². The first-order chi connectivity index (χ1) is 7.09. The summed E-state index contributed by atoms with van der Waals surface area (Å²) in [6.45, 7) is 0. The van der Waals surface area contributed by atoms with Crippen LogP contribution < -0.4 is 5.32 Å². The number of aliphatic carboxylic acids is 1. The predicted molar refractivity (Wildman–Crippen MR) is 46.8 cm³/mol. The molecule has 9 heteroatoms. The van der Waals surface area contributed by atoms with Crippen LogP contribution in [0.3, 0.4) is 0 Å². The quantitative estimate of drug-likeness (QED) is 0.604. The Morgan fingerprint density at radius 2 is 1.94 bits per heavy atom.